The van der Waals surface area contributed by atoms with Crippen molar-refractivity contribution in [3.8, 4) is 5.75 Å². The van der Waals surface area contributed by atoms with Crippen LogP contribution in [0.1, 0.15) is 45.1 Å². The second-order valence-electron chi connectivity index (χ2n) is 8.36. The molecule has 8 heteroatoms. The van der Waals surface area contributed by atoms with Gasteiger partial charge in [0.15, 0.2) is 0 Å². The highest BCUT2D eigenvalue weighted by molar-refractivity contribution is 6.01. The molecule has 3 N–H and O–H groups in total. The zero-order chi connectivity index (χ0) is 20.5. The van der Waals surface area contributed by atoms with Crippen molar-refractivity contribution in [3.63, 3.8) is 0 Å². The number of imide groups is 1. The number of anilines is 1. The molecular formula is C20H27N3O5. The molecule has 1 aromatic rings. The summed E-state index contributed by atoms with van der Waals surface area (Å²) < 4.78 is 11.1. The van der Waals surface area contributed by atoms with Crippen molar-refractivity contribution in [2.24, 2.45) is 5.92 Å². The molecule has 1 atom stereocenters. The molecule has 0 bridgehead atoms. The smallest absolute Gasteiger partial charge is 0.410 e. The molecule has 2 aliphatic heterocycles. The number of ether oxygens (including phenoxy) is 2. The third-order valence-electron chi connectivity index (χ3n) is 4.76. The Labute approximate surface area is 164 Å². The van der Waals surface area contributed by atoms with Gasteiger partial charge in [-0.1, -0.05) is 6.07 Å². The number of carbonyl (C=O) groups excluding carboxylic acids is 3. The number of nitrogens with two attached hydrogens (primary N) is 1. The summed E-state index contributed by atoms with van der Waals surface area (Å²) in [5.41, 5.74) is 6.80. The molecule has 1 unspecified atom stereocenters. The molecule has 0 aromatic heterocycles. The van der Waals surface area contributed by atoms with E-state index in [2.05, 4.69) is 5.32 Å². The number of benzene rings is 1. The lowest BCUT2D eigenvalue weighted by Gasteiger charge is -2.39. The summed E-state index contributed by atoms with van der Waals surface area (Å²) >= 11 is 0. The van der Waals surface area contributed by atoms with E-state index >= 15 is 0 Å². The van der Waals surface area contributed by atoms with Gasteiger partial charge >= 0.3 is 6.09 Å². The maximum absolute atomic E-state index is 12.0. The number of nitrogens with one attached hydrogen (secondary N) is 1. The highest BCUT2D eigenvalue weighted by atomic mass is 16.6. The lowest BCUT2D eigenvalue weighted by molar-refractivity contribution is -0.134. The van der Waals surface area contributed by atoms with Gasteiger partial charge in [0.05, 0.1) is 18.2 Å². The van der Waals surface area contributed by atoms with E-state index in [0.717, 1.165) is 5.56 Å². The fraction of sp³-hybridized carbons (Fsp3) is 0.550. The van der Waals surface area contributed by atoms with Crippen molar-refractivity contribution < 1.29 is 23.9 Å². The van der Waals surface area contributed by atoms with Crippen LogP contribution in [0, 0.1) is 5.92 Å². The van der Waals surface area contributed by atoms with E-state index in [4.69, 9.17) is 15.2 Å². The van der Waals surface area contributed by atoms with Crippen molar-refractivity contribution in [3.05, 3.63) is 23.8 Å². The molecule has 2 aliphatic rings. The topological polar surface area (TPSA) is 111 Å². The van der Waals surface area contributed by atoms with Gasteiger partial charge in [0.1, 0.15) is 11.4 Å². The van der Waals surface area contributed by atoms with Crippen molar-refractivity contribution in [2.75, 3.05) is 25.4 Å². The Bertz CT molecular complexity index is 781. The van der Waals surface area contributed by atoms with Gasteiger partial charge in [-0.3, -0.25) is 14.9 Å². The van der Waals surface area contributed by atoms with Crippen molar-refractivity contribution in [2.45, 2.75) is 45.1 Å². The molecule has 8 nitrogen and oxygen atoms in total. The zero-order valence-corrected chi connectivity index (χ0v) is 16.5. The Morgan fingerprint density at radius 3 is 2.61 bits per heavy atom. The highest BCUT2D eigenvalue weighted by Crippen LogP contribution is 2.31. The van der Waals surface area contributed by atoms with E-state index in [1.807, 2.05) is 20.8 Å². The summed E-state index contributed by atoms with van der Waals surface area (Å²) in [6.45, 7) is 7.14. The van der Waals surface area contributed by atoms with E-state index in [1.54, 1.807) is 23.1 Å². The predicted molar refractivity (Wildman–Crippen MR) is 103 cm³/mol. The predicted octanol–water partition coefficient (Wildman–Crippen LogP) is 2.03. The number of nitrogens with zero attached hydrogens (tertiary/aromatic N) is 1. The lowest BCUT2D eigenvalue weighted by Crippen LogP contribution is -2.53. The van der Waals surface area contributed by atoms with Crippen LogP contribution in [-0.4, -0.2) is 48.1 Å². The summed E-state index contributed by atoms with van der Waals surface area (Å²) in [5, 5.41) is 2.35. The van der Waals surface area contributed by atoms with E-state index in [1.165, 1.54) is 0 Å². The van der Waals surface area contributed by atoms with Gasteiger partial charge in [-0.2, -0.15) is 0 Å². The number of hydrogen-bond donors (Lipinski definition) is 2. The first-order valence-electron chi connectivity index (χ1n) is 9.46. The van der Waals surface area contributed by atoms with Crippen LogP contribution < -0.4 is 15.8 Å². The third kappa shape index (κ3) is 4.74. The summed E-state index contributed by atoms with van der Waals surface area (Å²) in [5.74, 6) is -0.132. The van der Waals surface area contributed by atoms with Crippen LogP contribution in [0.3, 0.4) is 0 Å². The highest BCUT2D eigenvalue weighted by Gasteiger charge is 2.34. The molecule has 2 fully saturated rings. The fourth-order valence-electron chi connectivity index (χ4n) is 3.29. The number of hydrogen-bond acceptors (Lipinski definition) is 6. The third-order valence-corrected chi connectivity index (χ3v) is 4.76. The number of carbonyl (C=O) groups is 3. The van der Waals surface area contributed by atoms with Gasteiger partial charge in [0.25, 0.3) is 0 Å². The minimum atomic E-state index is -0.503. The average Bonchev–Trinajstić information content (AvgIpc) is 2.53. The van der Waals surface area contributed by atoms with E-state index in [-0.39, 0.29) is 29.7 Å². The molecule has 1 aromatic carbocycles. The molecule has 2 heterocycles. The zero-order valence-electron chi connectivity index (χ0n) is 16.5. The Hall–Kier alpha value is -2.77. The summed E-state index contributed by atoms with van der Waals surface area (Å²) in [7, 11) is 0. The molecule has 0 spiro atoms. The van der Waals surface area contributed by atoms with Crippen LogP contribution >= 0.6 is 0 Å². The van der Waals surface area contributed by atoms with Crippen molar-refractivity contribution >= 4 is 23.6 Å². The van der Waals surface area contributed by atoms with Gasteiger partial charge in [-0.25, -0.2) is 4.79 Å². The molecule has 3 rings (SSSR count). The maximum atomic E-state index is 12.0. The first-order valence-corrected chi connectivity index (χ1v) is 9.46. The van der Waals surface area contributed by atoms with Gasteiger partial charge in [0.2, 0.25) is 11.8 Å². The number of amides is 3. The molecule has 28 heavy (non-hydrogen) atoms. The number of likely N-dealkylation sites (tertiary alicyclic amines) is 1. The normalized spacial score (nSPS) is 20.4. The molecule has 0 aliphatic carbocycles. The van der Waals surface area contributed by atoms with Gasteiger partial charge in [0, 0.05) is 25.4 Å². The first kappa shape index (κ1) is 20.0. The van der Waals surface area contributed by atoms with Crippen LogP contribution in [0.5, 0.6) is 5.75 Å². The standard InChI is InChI=1S/C20H27N3O5/c1-20(2,3)28-19(26)23-9-12(10-23)11-27-16-6-4-13(8-15(16)21)14-5-7-17(24)22-18(14)25/h4,6,8,12,14H,5,7,9-11,21H2,1-3H3,(H,22,24,25). The van der Waals surface area contributed by atoms with Crippen molar-refractivity contribution in [1.29, 1.82) is 0 Å². The summed E-state index contributed by atoms with van der Waals surface area (Å²) in [4.78, 5) is 36.9. The van der Waals surface area contributed by atoms with E-state index < -0.39 is 5.60 Å². The van der Waals surface area contributed by atoms with Crippen LogP contribution in [-0.2, 0) is 14.3 Å². The first-order chi connectivity index (χ1) is 13.1. The molecule has 3 amide bonds. The Balaban J connectivity index is 1.49. The number of nitrogen functional groups attached to an aromatic ring is 1. The largest absolute Gasteiger partial charge is 0.491 e. The Kier molecular flexibility index (Phi) is 5.49. The Morgan fingerprint density at radius 2 is 2.00 bits per heavy atom. The molecule has 2 saturated heterocycles. The lowest BCUT2D eigenvalue weighted by atomic mass is 9.90. The molecule has 0 radical (unpaired) electrons. The maximum Gasteiger partial charge on any atom is 0.410 e. The summed E-state index contributed by atoms with van der Waals surface area (Å²) in [6.07, 6.45) is 0.494. The van der Waals surface area contributed by atoms with Crippen LogP contribution in [0.15, 0.2) is 18.2 Å². The van der Waals surface area contributed by atoms with Crippen LogP contribution in [0.25, 0.3) is 0 Å². The minimum absolute atomic E-state index is 0.224. The quantitative estimate of drug-likeness (QED) is 0.602. The van der Waals surface area contributed by atoms with Crippen LogP contribution in [0.4, 0.5) is 10.5 Å². The SMILES string of the molecule is CC(C)(C)OC(=O)N1CC(COc2ccc(C3CCC(=O)NC3=O)cc2N)C1. The van der Waals surface area contributed by atoms with Gasteiger partial charge < -0.3 is 20.1 Å². The van der Waals surface area contributed by atoms with Crippen LogP contribution in [0.2, 0.25) is 0 Å². The number of rotatable bonds is 4. The second kappa shape index (κ2) is 7.69. The van der Waals surface area contributed by atoms with Crippen molar-refractivity contribution in [1.82, 2.24) is 10.2 Å². The number of piperidine rings is 1. The van der Waals surface area contributed by atoms with E-state index in [0.29, 0.717) is 44.0 Å². The molecular weight excluding hydrogens is 362 g/mol. The summed E-state index contributed by atoms with van der Waals surface area (Å²) in [6, 6.07) is 5.28. The van der Waals surface area contributed by atoms with Gasteiger partial charge in [-0.05, 0) is 44.9 Å². The fourth-order valence-corrected chi connectivity index (χ4v) is 3.29. The average molecular weight is 389 g/mol. The molecule has 0 saturated carbocycles. The monoisotopic (exact) mass is 389 g/mol. The Morgan fingerprint density at radius 1 is 1.29 bits per heavy atom. The second-order valence-corrected chi connectivity index (χ2v) is 8.36. The van der Waals surface area contributed by atoms with E-state index in [9.17, 15) is 14.4 Å². The minimum Gasteiger partial charge on any atom is -0.491 e. The van der Waals surface area contributed by atoms with Gasteiger partial charge in [-0.15, -0.1) is 0 Å². The molecule has 152 valence electrons.